The Hall–Kier alpha value is -0.130. The lowest BCUT2D eigenvalue weighted by atomic mass is 9.70. The molecule has 0 aromatic carbocycles. The Kier molecular flexibility index (Phi) is 3.30. The Bertz CT molecular complexity index is 383. The highest BCUT2D eigenvalue weighted by Crippen LogP contribution is 2.44. The maximum Gasteiger partial charge on any atom is 0.216 e. The summed E-state index contributed by atoms with van der Waals surface area (Å²) in [4.78, 5) is 0. The summed E-state index contributed by atoms with van der Waals surface area (Å²) in [6.45, 7) is 4.50. The lowest BCUT2D eigenvalue weighted by Crippen LogP contribution is -2.55. The van der Waals surface area contributed by atoms with Gasteiger partial charge in [0.2, 0.25) is 10.0 Å². The van der Waals surface area contributed by atoms with Crippen molar-refractivity contribution in [3.63, 3.8) is 0 Å². The molecule has 5 heteroatoms. The molecule has 1 spiro atoms. The third-order valence-corrected chi connectivity index (χ3v) is 6.94. The van der Waals surface area contributed by atoms with Crippen LogP contribution in [0.15, 0.2) is 0 Å². The molecule has 2 fully saturated rings. The number of nitrogens with zero attached hydrogens (tertiary/aromatic N) is 1. The highest BCUT2D eigenvalue weighted by atomic mass is 32.2. The number of nitrogens with two attached hydrogens (primary N) is 1. The minimum absolute atomic E-state index is 0.121. The largest absolute Gasteiger partial charge is 0.325 e. The van der Waals surface area contributed by atoms with Crippen LogP contribution in [0.2, 0.25) is 0 Å². The fourth-order valence-corrected chi connectivity index (χ4v) is 5.36. The molecule has 1 aliphatic carbocycles. The SMILES string of the molecule is CC(C)C1CCC2(CC1)C(N)CS(=O)(=O)N2C. The van der Waals surface area contributed by atoms with Crippen LogP contribution in [-0.4, -0.2) is 37.1 Å². The smallest absolute Gasteiger partial charge is 0.216 e. The molecule has 1 heterocycles. The Morgan fingerprint density at radius 2 is 1.82 bits per heavy atom. The van der Waals surface area contributed by atoms with Gasteiger partial charge >= 0.3 is 0 Å². The topological polar surface area (TPSA) is 63.4 Å². The first kappa shape index (κ1) is 13.3. The summed E-state index contributed by atoms with van der Waals surface area (Å²) in [6.07, 6.45) is 4.05. The van der Waals surface area contributed by atoms with E-state index < -0.39 is 10.0 Å². The zero-order chi connectivity index (χ0) is 12.8. The fourth-order valence-electron chi connectivity index (χ4n) is 3.50. The van der Waals surface area contributed by atoms with Gasteiger partial charge in [0.1, 0.15) is 0 Å². The van der Waals surface area contributed by atoms with Gasteiger partial charge in [-0.05, 0) is 37.5 Å². The number of sulfonamides is 1. The lowest BCUT2D eigenvalue weighted by molar-refractivity contribution is 0.103. The highest BCUT2D eigenvalue weighted by Gasteiger charge is 2.54. The molecule has 1 atom stereocenters. The van der Waals surface area contributed by atoms with Gasteiger partial charge in [-0.1, -0.05) is 13.8 Å². The predicted molar refractivity (Wildman–Crippen MR) is 69.1 cm³/mol. The van der Waals surface area contributed by atoms with Crippen molar-refractivity contribution in [3.05, 3.63) is 0 Å². The summed E-state index contributed by atoms with van der Waals surface area (Å²) < 4.78 is 25.4. The van der Waals surface area contributed by atoms with E-state index in [2.05, 4.69) is 13.8 Å². The molecule has 1 saturated heterocycles. The predicted octanol–water partition coefficient (Wildman–Crippen LogP) is 1.17. The van der Waals surface area contributed by atoms with Crippen LogP contribution in [0.4, 0.5) is 0 Å². The second kappa shape index (κ2) is 4.21. The van der Waals surface area contributed by atoms with E-state index in [9.17, 15) is 8.42 Å². The van der Waals surface area contributed by atoms with Crippen molar-refractivity contribution in [2.75, 3.05) is 12.8 Å². The first-order valence-corrected chi connectivity index (χ1v) is 8.13. The molecule has 2 N–H and O–H groups in total. The Balaban J connectivity index is 2.18. The molecule has 2 rings (SSSR count). The van der Waals surface area contributed by atoms with Crippen LogP contribution in [0, 0.1) is 11.8 Å². The van der Waals surface area contributed by atoms with Crippen molar-refractivity contribution in [2.24, 2.45) is 17.6 Å². The number of likely N-dealkylation sites (N-methyl/N-ethyl adjacent to an activating group) is 1. The highest BCUT2D eigenvalue weighted by molar-refractivity contribution is 7.89. The number of rotatable bonds is 1. The maximum absolute atomic E-state index is 11.9. The van der Waals surface area contributed by atoms with Crippen LogP contribution < -0.4 is 5.73 Å². The summed E-state index contributed by atoms with van der Waals surface area (Å²) in [5.41, 5.74) is 5.82. The summed E-state index contributed by atoms with van der Waals surface area (Å²) >= 11 is 0. The zero-order valence-electron chi connectivity index (χ0n) is 11.0. The molecule has 100 valence electrons. The molecule has 1 aliphatic heterocycles. The second-order valence-corrected chi connectivity index (χ2v) is 8.08. The average Bonchev–Trinajstić information content (AvgIpc) is 2.41. The molecule has 0 aromatic heterocycles. The van der Waals surface area contributed by atoms with Gasteiger partial charge < -0.3 is 5.73 Å². The van der Waals surface area contributed by atoms with Crippen LogP contribution in [0.25, 0.3) is 0 Å². The first-order chi connectivity index (χ1) is 7.79. The van der Waals surface area contributed by atoms with Gasteiger partial charge in [0.25, 0.3) is 0 Å². The molecule has 2 aliphatic rings. The zero-order valence-corrected chi connectivity index (χ0v) is 11.8. The third-order valence-electron chi connectivity index (χ3n) is 4.96. The van der Waals surface area contributed by atoms with E-state index in [1.807, 2.05) is 0 Å². The Labute approximate surface area is 105 Å². The summed E-state index contributed by atoms with van der Waals surface area (Å²) in [7, 11) is -1.41. The molecule has 0 bridgehead atoms. The van der Waals surface area contributed by atoms with Crippen molar-refractivity contribution in [1.82, 2.24) is 4.31 Å². The molecule has 1 saturated carbocycles. The molecule has 1 unspecified atom stereocenters. The van der Waals surface area contributed by atoms with Crippen molar-refractivity contribution in [1.29, 1.82) is 0 Å². The maximum atomic E-state index is 11.9. The van der Waals surface area contributed by atoms with Gasteiger partial charge in [0, 0.05) is 13.1 Å². The number of hydrogen-bond donors (Lipinski definition) is 1. The summed E-state index contributed by atoms with van der Waals surface area (Å²) in [5.74, 6) is 1.53. The van der Waals surface area contributed by atoms with Crippen molar-refractivity contribution >= 4 is 10.0 Å². The quantitative estimate of drug-likeness (QED) is 0.770. The van der Waals surface area contributed by atoms with Crippen LogP contribution in [-0.2, 0) is 10.0 Å². The van der Waals surface area contributed by atoms with Gasteiger partial charge in [-0.2, -0.15) is 4.31 Å². The third kappa shape index (κ3) is 2.02. The number of hydrogen-bond acceptors (Lipinski definition) is 3. The van der Waals surface area contributed by atoms with E-state index in [0.717, 1.165) is 31.6 Å². The first-order valence-electron chi connectivity index (χ1n) is 6.52. The fraction of sp³-hybridized carbons (Fsp3) is 1.00. The van der Waals surface area contributed by atoms with Crippen LogP contribution in [0.5, 0.6) is 0 Å². The molecule has 17 heavy (non-hydrogen) atoms. The normalized spacial score (nSPS) is 42.4. The minimum Gasteiger partial charge on any atom is -0.325 e. The van der Waals surface area contributed by atoms with Gasteiger partial charge in [-0.25, -0.2) is 8.42 Å². The van der Waals surface area contributed by atoms with E-state index in [-0.39, 0.29) is 17.3 Å². The van der Waals surface area contributed by atoms with E-state index in [0.29, 0.717) is 5.92 Å². The molecule has 0 aromatic rings. The van der Waals surface area contributed by atoms with Crippen molar-refractivity contribution in [2.45, 2.75) is 51.1 Å². The monoisotopic (exact) mass is 260 g/mol. The summed E-state index contributed by atoms with van der Waals surface area (Å²) in [6, 6.07) is -0.217. The van der Waals surface area contributed by atoms with E-state index in [4.69, 9.17) is 5.73 Å². The van der Waals surface area contributed by atoms with E-state index in [1.165, 1.54) is 0 Å². The standard InChI is InChI=1S/C12H24N2O2S/c1-9(2)10-4-6-12(7-5-10)11(13)8-17(15,16)14(12)3/h9-11H,4-8,13H2,1-3H3. The summed E-state index contributed by atoms with van der Waals surface area (Å²) in [5, 5.41) is 0. The van der Waals surface area contributed by atoms with E-state index in [1.54, 1.807) is 11.4 Å². The van der Waals surface area contributed by atoms with Crippen molar-refractivity contribution in [3.8, 4) is 0 Å². The van der Waals surface area contributed by atoms with Crippen LogP contribution >= 0.6 is 0 Å². The van der Waals surface area contributed by atoms with Gasteiger partial charge in [-0.3, -0.25) is 0 Å². The average molecular weight is 260 g/mol. The minimum atomic E-state index is -3.11. The molecular formula is C12H24N2O2S. The van der Waals surface area contributed by atoms with Crippen LogP contribution in [0.3, 0.4) is 0 Å². The molecular weight excluding hydrogens is 236 g/mol. The van der Waals surface area contributed by atoms with Gasteiger partial charge in [-0.15, -0.1) is 0 Å². The Morgan fingerprint density at radius 1 is 1.29 bits per heavy atom. The van der Waals surface area contributed by atoms with E-state index >= 15 is 0 Å². The molecule has 4 nitrogen and oxygen atoms in total. The molecule has 0 amide bonds. The van der Waals surface area contributed by atoms with Crippen molar-refractivity contribution < 1.29 is 8.42 Å². The van der Waals surface area contributed by atoms with Gasteiger partial charge in [0.15, 0.2) is 0 Å². The van der Waals surface area contributed by atoms with Crippen LogP contribution in [0.1, 0.15) is 39.5 Å². The Morgan fingerprint density at radius 3 is 2.18 bits per heavy atom. The lowest BCUT2D eigenvalue weighted by Gasteiger charge is -2.44. The van der Waals surface area contributed by atoms with Gasteiger partial charge in [0.05, 0.1) is 11.3 Å². The second-order valence-electron chi connectivity index (χ2n) is 6.04. The molecule has 0 radical (unpaired) electrons.